The third kappa shape index (κ3) is 2.95. The van der Waals surface area contributed by atoms with Crippen molar-refractivity contribution >= 4 is 11.0 Å². The van der Waals surface area contributed by atoms with Gasteiger partial charge in [-0.3, -0.25) is 0 Å². The van der Waals surface area contributed by atoms with Crippen LogP contribution in [-0.4, -0.2) is 15.6 Å². The van der Waals surface area contributed by atoms with E-state index in [1.165, 1.54) is 11.6 Å². The van der Waals surface area contributed by atoms with Crippen LogP contribution < -0.4 is 5.73 Å². The van der Waals surface area contributed by atoms with Gasteiger partial charge in [0, 0.05) is 30.4 Å². The number of fused-ring (bicyclic) bond motifs is 1. The number of halogens is 1. The standard InChI is InChI=1S/C17H18FN3/c1-12(19)8-14-11-21(17-16(14)6-3-7-20-17)10-13-4-2-5-15(18)9-13/h2-7,9,11-12H,8,10,19H2,1H3. The summed E-state index contributed by atoms with van der Waals surface area (Å²) in [5.74, 6) is -0.215. The second-order valence-corrected chi connectivity index (χ2v) is 5.47. The third-order valence-corrected chi connectivity index (χ3v) is 3.50. The van der Waals surface area contributed by atoms with Gasteiger partial charge in [0.05, 0.1) is 0 Å². The maximum atomic E-state index is 13.3. The third-order valence-electron chi connectivity index (χ3n) is 3.50. The Morgan fingerprint density at radius 2 is 2.14 bits per heavy atom. The number of benzene rings is 1. The summed E-state index contributed by atoms with van der Waals surface area (Å²) in [6, 6.07) is 10.7. The van der Waals surface area contributed by atoms with Crippen molar-refractivity contribution in [1.29, 1.82) is 0 Å². The minimum absolute atomic E-state index is 0.0958. The summed E-state index contributed by atoms with van der Waals surface area (Å²) in [7, 11) is 0. The Labute approximate surface area is 123 Å². The second-order valence-electron chi connectivity index (χ2n) is 5.47. The highest BCUT2D eigenvalue weighted by Crippen LogP contribution is 2.21. The van der Waals surface area contributed by atoms with E-state index in [1.807, 2.05) is 19.1 Å². The molecule has 0 spiro atoms. The van der Waals surface area contributed by atoms with E-state index >= 15 is 0 Å². The first kappa shape index (κ1) is 13.8. The van der Waals surface area contributed by atoms with Gasteiger partial charge in [-0.15, -0.1) is 0 Å². The average Bonchev–Trinajstić information content (AvgIpc) is 2.77. The molecular formula is C17H18FN3. The largest absolute Gasteiger partial charge is 0.328 e. The maximum Gasteiger partial charge on any atom is 0.140 e. The lowest BCUT2D eigenvalue weighted by Crippen LogP contribution is -2.17. The lowest BCUT2D eigenvalue weighted by molar-refractivity contribution is 0.624. The van der Waals surface area contributed by atoms with Gasteiger partial charge >= 0.3 is 0 Å². The number of nitrogens with two attached hydrogens (primary N) is 1. The first-order valence-electron chi connectivity index (χ1n) is 7.06. The van der Waals surface area contributed by atoms with E-state index in [9.17, 15) is 4.39 Å². The first-order chi connectivity index (χ1) is 10.1. The minimum Gasteiger partial charge on any atom is -0.328 e. The van der Waals surface area contributed by atoms with Crippen LogP contribution in [0.2, 0.25) is 0 Å². The van der Waals surface area contributed by atoms with Crippen LogP contribution in [0.5, 0.6) is 0 Å². The van der Waals surface area contributed by atoms with Crippen LogP contribution in [0.4, 0.5) is 4.39 Å². The lowest BCUT2D eigenvalue weighted by atomic mass is 10.1. The van der Waals surface area contributed by atoms with Gasteiger partial charge in [0.2, 0.25) is 0 Å². The number of aromatic nitrogens is 2. The van der Waals surface area contributed by atoms with Crippen molar-refractivity contribution in [3.05, 3.63) is 65.7 Å². The molecule has 108 valence electrons. The van der Waals surface area contributed by atoms with Crippen molar-refractivity contribution in [1.82, 2.24) is 9.55 Å². The molecule has 0 aliphatic rings. The van der Waals surface area contributed by atoms with Gasteiger partial charge in [0.1, 0.15) is 11.5 Å². The van der Waals surface area contributed by atoms with Crippen molar-refractivity contribution in [2.24, 2.45) is 5.73 Å². The monoisotopic (exact) mass is 283 g/mol. The van der Waals surface area contributed by atoms with Gasteiger partial charge in [-0.2, -0.15) is 0 Å². The smallest absolute Gasteiger partial charge is 0.140 e. The van der Waals surface area contributed by atoms with Crippen LogP contribution in [0.3, 0.4) is 0 Å². The summed E-state index contributed by atoms with van der Waals surface area (Å²) in [5, 5.41) is 1.12. The summed E-state index contributed by atoms with van der Waals surface area (Å²) in [6.45, 7) is 2.59. The summed E-state index contributed by atoms with van der Waals surface area (Å²) >= 11 is 0. The van der Waals surface area contributed by atoms with E-state index < -0.39 is 0 Å². The Hall–Kier alpha value is -2.20. The van der Waals surface area contributed by atoms with Gasteiger partial charge in [0.15, 0.2) is 0 Å². The molecule has 0 saturated heterocycles. The Bertz CT molecular complexity index is 762. The Balaban J connectivity index is 2.02. The molecule has 0 radical (unpaired) electrons. The number of hydrogen-bond acceptors (Lipinski definition) is 2. The molecular weight excluding hydrogens is 265 g/mol. The second kappa shape index (κ2) is 5.66. The Morgan fingerprint density at radius 3 is 2.90 bits per heavy atom. The zero-order valence-corrected chi connectivity index (χ0v) is 12.0. The van der Waals surface area contributed by atoms with E-state index in [-0.39, 0.29) is 11.9 Å². The maximum absolute atomic E-state index is 13.3. The van der Waals surface area contributed by atoms with Crippen LogP contribution in [0.15, 0.2) is 48.8 Å². The molecule has 0 fully saturated rings. The van der Waals surface area contributed by atoms with Crippen molar-refractivity contribution in [2.75, 3.05) is 0 Å². The van der Waals surface area contributed by atoms with Crippen molar-refractivity contribution in [2.45, 2.75) is 25.9 Å². The highest BCUT2D eigenvalue weighted by Gasteiger charge is 2.11. The van der Waals surface area contributed by atoms with Crippen molar-refractivity contribution < 1.29 is 4.39 Å². The average molecular weight is 283 g/mol. The summed E-state index contributed by atoms with van der Waals surface area (Å²) in [5.41, 5.74) is 8.94. The fraction of sp³-hybridized carbons (Fsp3) is 0.235. The number of nitrogens with zero attached hydrogens (tertiary/aromatic N) is 2. The molecule has 2 aromatic heterocycles. The summed E-state index contributed by atoms with van der Waals surface area (Å²) in [6.07, 6.45) is 4.66. The van der Waals surface area contributed by atoms with Crippen molar-refractivity contribution in [3.8, 4) is 0 Å². The molecule has 1 aromatic carbocycles. The van der Waals surface area contributed by atoms with E-state index in [0.29, 0.717) is 6.54 Å². The van der Waals surface area contributed by atoms with Gasteiger partial charge in [-0.1, -0.05) is 12.1 Å². The van der Waals surface area contributed by atoms with Crippen LogP contribution in [-0.2, 0) is 13.0 Å². The predicted octanol–water partition coefficient (Wildman–Crippen LogP) is 3.11. The van der Waals surface area contributed by atoms with Crippen molar-refractivity contribution in [3.63, 3.8) is 0 Å². The van der Waals surface area contributed by atoms with Gasteiger partial charge in [-0.05, 0) is 48.7 Å². The molecule has 21 heavy (non-hydrogen) atoms. The topological polar surface area (TPSA) is 43.8 Å². The Morgan fingerprint density at radius 1 is 1.29 bits per heavy atom. The number of pyridine rings is 1. The summed E-state index contributed by atoms with van der Waals surface area (Å²) in [4.78, 5) is 4.46. The van der Waals surface area contributed by atoms with E-state index in [4.69, 9.17) is 5.73 Å². The minimum atomic E-state index is -0.215. The van der Waals surface area contributed by atoms with Gasteiger partial charge in [0.25, 0.3) is 0 Å². The highest BCUT2D eigenvalue weighted by molar-refractivity contribution is 5.80. The molecule has 2 N–H and O–H groups in total. The zero-order valence-electron chi connectivity index (χ0n) is 12.0. The number of rotatable bonds is 4. The van der Waals surface area contributed by atoms with Gasteiger partial charge < -0.3 is 10.3 Å². The molecule has 3 nitrogen and oxygen atoms in total. The van der Waals surface area contributed by atoms with Crippen LogP contribution in [0.25, 0.3) is 11.0 Å². The first-order valence-corrected chi connectivity index (χ1v) is 7.06. The van der Waals surface area contributed by atoms with E-state index in [2.05, 4.69) is 21.8 Å². The van der Waals surface area contributed by atoms with Gasteiger partial charge in [-0.25, -0.2) is 9.37 Å². The highest BCUT2D eigenvalue weighted by atomic mass is 19.1. The van der Waals surface area contributed by atoms with Crippen LogP contribution in [0, 0.1) is 5.82 Å². The molecule has 1 unspecified atom stereocenters. The molecule has 1 atom stereocenters. The van der Waals surface area contributed by atoms with E-state index in [1.54, 1.807) is 18.3 Å². The van der Waals surface area contributed by atoms with Crippen LogP contribution in [0.1, 0.15) is 18.1 Å². The molecule has 0 amide bonds. The quantitative estimate of drug-likeness (QED) is 0.799. The molecule has 0 saturated carbocycles. The fourth-order valence-corrected chi connectivity index (χ4v) is 2.66. The van der Waals surface area contributed by atoms with Crippen LogP contribution >= 0.6 is 0 Å². The SMILES string of the molecule is CC(N)Cc1cn(Cc2cccc(F)c2)c2ncccc12. The normalized spacial score (nSPS) is 12.7. The fourth-order valence-electron chi connectivity index (χ4n) is 2.66. The molecule has 0 aliphatic carbocycles. The lowest BCUT2D eigenvalue weighted by Gasteiger charge is -2.05. The molecule has 3 rings (SSSR count). The van der Waals surface area contributed by atoms with E-state index in [0.717, 1.165) is 23.0 Å². The Kier molecular flexibility index (Phi) is 3.71. The number of hydrogen-bond donors (Lipinski definition) is 1. The zero-order chi connectivity index (χ0) is 14.8. The predicted molar refractivity (Wildman–Crippen MR) is 82.6 cm³/mol. The summed E-state index contributed by atoms with van der Waals surface area (Å²) < 4.78 is 15.4. The molecule has 2 heterocycles. The molecule has 0 bridgehead atoms. The molecule has 0 aliphatic heterocycles. The molecule has 3 aromatic rings. The molecule has 4 heteroatoms.